The Bertz CT molecular complexity index is 540. The predicted molar refractivity (Wildman–Crippen MR) is 76.7 cm³/mol. The van der Waals surface area contributed by atoms with E-state index in [4.69, 9.17) is 26.8 Å². The van der Waals surface area contributed by atoms with Crippen LogP contribution in [0.3, 0.4) is 0 Å². The number of halogens is 1. The van der Waals surface area contributed by atoms with Crippen molar-refractivity contribution >= 4 is 11.6 Å². The van der Waals surface area contributed by atoms with Gasteiger partial charge in [-0.3, -0.25) is 0 Å². The van der Waals surface area contributed by atoms with Gasteiger partial charge in [-0.2, -0.15) is 0 Å². The summed E-state index contributed by atoms with van der Waals surface area (Å²) < 4.78 is 10.9. The Kier molecular flexibility index (Phi) is 4.66. The molecular weight excluding hydrogens is 262 g/mol. The van der Waals surface area contributed by atoms with Crippen molar-refractivity contribution < 1.29 is 9.47 Å². The molecule has 0 radical (unpaired) electrons. The number of ether oxygens (including phenoxy) is 2. The summed E-state index contributed by atoms with van der Waals surface area (Å²) in [5, 5.41) is 0.641. The number of methoxy groups -OCH3 is 1. The van der Waals surface area contributed by atoms with E-state index in [1.165, 1.54) is 0 Å². The minimum atomic E-state index is 0.426. The molecule has 0 saturated heterocycles. The van der Waals surface area contributed by atoms with Gasteiger partial charge in [0.25, 0.3) is 0 Å². The van der Waals surface area contributed by atoms with E-state index in [2.05, 4.69) is 0 Å². The highest BCUT2D eigenvalue weighted by atomic mass is 35.5. The molecule has 0 amide bonds. The van der Waals surface area contributed by atoms with Crippen molar-refractivity contribution in [2.24, 2.45) is 5.73 Å². The maximum Gasteiger partial charge on any atom is 0.125 e. The lowest BCUT2D eigenvalue weighted by Crippen LogP contribution is -2.02. The quantitative estimate of drug-likeness (QED) is 0.911. The summed E-state index contributed by atoms with van der Waals surface area (Å²) in [6.07, 6.45) is 0. The van der Waals surface area contributed by atoms with Gasteiger partial charge in [0.1, 0.15) is 18.1 Å². The van der Waals surface area contributed by atoms with Crippen LogP contribution in [0.5, 0.6) is 11.5 Å². The lowest BCUT2D eigenvalue weighted by molar-refractivity contribution is 0.303. The minimum Gasteiger partial charge on any atom is -0.497 e. The van der Waals surface area contributed by atoms with Crippen molar-refractivity contribution in [1.29, 1.82) is 0 Å². The van der Waals surface area contributed by atoms with Crippen LogP contribution in [-0.4, -0.2) is 7.11 Å². The van der Waals surface area contributed by atoms with E-state index in [1.54, 1.807) is 13.2 Å². The molecule has 0 unspecified atom stereocenters. The first kappa shape index (κ1) is 13.7. The van der Waals surface area contributed by atoms with Gasteiger partial charge in [0.15, 0.2) is 0 Å². The van der Waals surface area contributed by atoms with Crippen LogP contribution in [0.15, 0.2) is 42.5 Å². The maximum absolute atomic E-state index is 5.96. The standard InChI is InChI=1S/C15H16ClNO2/c1-18-14-6-2-11(3-7-14)10-19-15-8-13(16)5-4-12(15)9-17/h2-8H,9-10,17H2,1H3. The summed E-state index contributed by atoms with van der Waals surface area (Å²) in [6, 6.07) is 13.2. The molecule has 0 aliphatic rings. The lowest BCUT2D eigenvalue weighted by atomic mass is 10.2. The molecule has 0 saturated carbocycles. The molecule has 0 fully saturated rings. The summed E-state index contributed by atoms with van der Waals surface area (Å²) >= 11 is 5.96. The molecule has 0 aliphatic carbocycles. The number of hydrogen-bond acceptors (Lipinski definition) is 3. The summed E-state index contributed by atoms with van der Waals surface area (Å²) in [6.45, 7) is 0.895. The largest absolute Gasteiger partial charge is 0.497 e. The van der Waals surface area contributed by atoms with Crippen molar-refractivity contribution in [2.45, 2.75) is 13.2 Å². The zero-order valence-corrected chi connectivity index (χ0v) is 11.5. The first-order chi connectivity index (χ1) is 9.22. The first-order valence-corrected chi connectivity index (χ1v) is 6.35. The molecular formula is C15H16ClNO2. The zero-order valence-electron chi connectivity index (χ0n) is 10.7. The minimum absolute atomic E-state index is 0.426. The molecule has 0 aromatic heterocycles. The normalized spacial score (nSPS) is 10.3. The summed E-state index contributed by atoms with van der Waals surface area (Å²) in [5.74, 6) is 1.56. The van der Waals surface area contributed by atoms with Gasteiger partial charge in [-0.15, -0.1) is 0 Å². The molecule has 0 aliphatic heterocycles. The highest BCUT2D eigenvalue weighted by Crippen LogP contribution is 2.24. The summed E-state index contributed by atoms with van der Waals surface area (Å²) in [5.41, 5.74) is 7.67. The number of benzene rings is 2. The van der Waals surface area contributed by atoms with E-state index in [0.717, 1.165) is 22.6 Å². The first-order valence-electron chi connectivity index (χ1n) is 5.97. The van der Waals surface area contributed by atoms with Crippen molar-refractivity contribution in [2.75, 3.05) is 7.11 Å². The van der Waals surface area contributed by atoms with Crippen LogP contribution >= 0.6 is 11.6 Å². The number of nitrogens with two attached hydrogens (primary N) is 1. The maximum atomic E-state index is 5.96. The Labute approximate surface area is 117 Å². The Balaban J connectivity index is 2.07. The van der Waals surface area contributed by atoms with E-state index in [-0.39, 0.29) is 0 Å². The molecule has 0 heterocycles. The van der Waals surface area contributed by atoms with E-state index in [1.807, 2.05) is 36.4 Å². The topological polar surface area (TPSA) is 44.5 Å². The molecule has 2 aromatic carbocycles. The molecule has 0 spiro atoms. The zero-order chi connectivity index (χ0) is 13.7. The van der Waals surface area contributed by atoms with Gasteiger partial charge in [-0.1, -0.05) is 29.8 Å². The van der Waals surface area contributed by atoms with Gasteiger partial charge < -0.3 is 15.2 Å². The average Bonchev–Trinajstić information content (AvgIpc) is 2.46. The fourth-order valence-electron chi connectivity index (χ4n) is 1.71. The van der Waals surface area contributed by atoms with Crippen LogP contribution in [0.4, 0.5) is 0 Å². The van der Waals surface area contributed by atoms with Crippen LogP contribution in [-0.2, 0) is 13.2 Å². The van der Waals surface area contributed by atoms with Crippen molar-refractivity contribution in [3.8, 4) is 11.5 Å². The second-order valence-corrected chi connectivity index (χ2v) is 4.53. The van der Waals surface area contributed by atoms with Gasteiger partial charge in [-0.25, -0.2) is 0 Å². The van der Waals surface area contributed by atoms with E-state index in [9.17, 15) is 0 Å². The van der Waals surface area contributed by atoms with Gasteiger partial charge in [0.2, 0.25) is 0 Å². The Morgan fingerprint density at radius 2 is 1.84 bits per heavy atom. The van der Waals surface area contributed by atoms with Crippen LogP contribution in [0.25, 0.3) is 0 Å². The van der Waals surface area contributed by atoms with Gasteiger partial charge in [0.05, 0.1) is 7.11 Å². The Morgan fingerprint density at radius 1 is 1.11 bits per heavy atom. The van der Waals surface area contributed by atoms with Crippen LogP contribution < -0.4 is 15.2 Å². The third-order valence-electron chi connectivity index (χ3n) is 2.80. The van der Waals surface area contributed by atoms with Crippen LogP contribution in [0.1, 0.15) is 11.1 Å². The fraction of sp³-hybridized carbons (Fsp3) is 0.200. The third-order valence-corrected chi connectivity index (χ3v) is 3.04. The monoisotopic (exact) mass is 277 g/mol. The summed E-state index contributed by atoms with van der Waals surface area (Å²) in [4.78, 5) is 0. The second-order valence-electron chi connectivity index (χ2n) is 4.09. The molecule has 100 valence electrons. The van der Waals surface area contributed by atoms with Crippen LogP contribution in [0.2, 0.25) is 5.02 Å². The number of rotatable bonds is 5. The third kappa shape index (κ3) is 3.63. The molecule has 2 aromatic rings. The molecule has 2 rings (SSSR count). The lowest BCUT2D eigenvalue weighted by Gasteiger charge is -2.11. The SMILES string of the molecule is COc1ccc(COc2cc(Cl)ccc2CN)cc1. The van der Waals surface area contributed by atoms with Crippen molar-refractivity contribution in [3.63, 3.8) is 0 Å². The molecule has 2 N–H and O–H groups in total. The van der Waals surface area contributed by atoms with Gasteiger partial charge >= 0.3 is 0 Å². The van der Waals surface area contributed by atoms with E-state index < -0.39 is 0 Å². The van der Waals surface area contributed by atoms with E-state index >= 15 is 0 Å². The Morgan fingerprint density at radius 3 is 2.47 bits per heavy atom. The Hall–Kier alpha value is -1.71. The van der Waals surface area contributed by atoms with Crippen molar-refractivity contribution in [1.82, 2.24) is 0 Å². The van der Waals surface area contributed by atoms with Gasteiger partial charge in [-0.05, 0) is 29.8 Å². The van der Waals surface area contributed by atoms with Crippen molar-refractivity contribution in [3.05, 3.63) is 58.6 Å². The molecule has 4 heteroatoms. The average molecular weight is 278 g/mol. The summed E-state index contributed by atoms with van der Waals surface area (Å²) in [7, 11) is 1.64. The highest BCUT2D eigenvalue weighted by Gasteiger charge is 2.04. The number of hydrogen-bond donors (Lipinski definition) is 1. The molecule has 19 heavy (non-hydrogen) atoms. The van der Waals surface area contributed by atoms with Gasteiger partial charge in [0, 0.05) is 17.1 Å². The molecule has 0 atom stereocenters. The fourth-order valence-corrected chi connectivity index (χ4v) is 1.88. The molecule has 3 nitrogen and oxygen atoms in total. The predicted octanol–water partition coefficient (Wildman–Crippen LogP) is 3.39. The van der Waals surface area contributed by atoms with Crippen LogP contribution in [0, 0.1) is 0 Å². The molecule has 0 bridgehead atoms. The highest BCUT2D eigenvalue weighted by molar-refractivity contribution is 6.30. The second kappa shape index (κ2) is 6.45. The smallest absolute Gasteiger partial charge is 0.125 e. The van der Waals surface area contributed by atoms with E-state index in [0.29, 0.717) is 18.2 Å².